The number of hydrogen-bond donors (Lipinski definition) is 2. The zero-order valence-corrected chi connectivity index (χ0v) is 11.5. The van der Waals surface area contributed by atoms with Crippen LogP contribution in [0.2, 0.25) is 0 Å². The van der Waals surface area contributed by atoms with E-state index in [2.05, 4.69) is 18.9 Å². The Bertz CT molecular complexity index is 225. The van der Waals surface area contributed by atoms with Crippen molar-refractivity contribution in [2.45, 2.75) is 44.2 Å². The average Bonchev–Trinajstić information content (AvgIpc) is 2.68. The summed E-state index contributed by atoms with van der Waals surface area (Å²) in [6.07, 6.45) is 4.11. The first-order valence-electron chi connectivity index (χ1n) is 6.65. The fraction of sp³-hybridized carbons (Fsp3) is 1.00. The molecule has 102 valence electrons. The summed E-state index contributed by atoms with van der Waals surface area (Å²) < 4.78 is 5.15. The molecule has 1 aliphatic carbocycles. The zero-order chi connectivity index (χ0) is 12.9. The largest absolute Gasteiger partial charge is 0.388 e. The van der Waals surface area contributed by atoms with Gasteiger partial charge >= 0.3 is 0 Å². The van der Waals surface area contributed by atoms with Crippen LogP contribution in [0.25, 0.3) is 0 Å². The van der Waals surface area contributed by atoms with Crippen molar-refractivity contribution in [3.8, 4) is 0 Å². The number of rotatable bonds is 7. The van der Waals surface area contributed by atoms with Crippen molar-refractivity contribution in [3.05, 3.63) is 0 Å². The highest BCUT2D eigenvalue weighted by molar-refractivity contribution is 4.93. The molecule has 1 aliphatic rings. The number of ether oxygens (including phenoxy) is 1. The Morgan fingerprint density at radius 1 is 1.59 bits per heavy atom. The number of nitrogens with zero attached hydrogens (tertiary/aromatic N) is 1. The summed E-state index contributed by atoms with van der Waals surface area (Å²) in [6.45, 7) is 4.31. The first kappa shape index (κ1) is 14.9. The molecule has 1 fully saturated rings. The number of hydrogen-bond acceptors (Lipinski definition) is 4. The Kier molecular flexibility index (Phi) is 5.86. The van der Waals surface area contributed by atoms with Crippen molar-refractivity contribution in [3.63, 3.8) is 0 Å². The highest BCUT2D eigenvalue weighted by Gasteiger charge is 2.39. The first-order chi connectivity index (χ1) is 8.03. The standard InChI is InChI=1S/C13H28N2O2/c1-11(9-17-3)15(2)8-6-12-5-4-7-13(12,16)10-14/h11-12,16H,4-10,14H2,1-3H3. The number of aliphatic hydroxyl groups is 1. The zero-order valence-electron chi connectivity index (χ0n) is 11.5. The van der Waals surface area contributed by atoms with Gasteiger partial charge in [0.05, 0.1) is 12.2 Å². The van der Waals surface area contributed by atoms with Gasteiger partial charge in [0.2, 0.25) is 0 Å². The van der Waals surface area contributed by atoms with E-state index in [1.54, 1.807) is 7.11 Å². The van der Waals surface area contributed by atoms with Gasteiger partial charge in [-0.15, -0.1) is 0 Å². The van der Waals surface area contributed by atoms with E-state index in [0.29, 0.717) is 18.5 Å². The molecule has 4 heteroatoms. The van der Waals surface area contributed by atoms with E-state index in [4.69, 9.17) is 10.5 Å². The van der Waals surface area contributed by atoms with Crippen molar-refractivity contribution < 1.29 is 9.84 Å². The molecule has 0 aromatic rings. The SMILES string of the molecule is COCC(C)N(C)CCC1CCCC1(O)CN. The smallest absolute Gasteiger partial charge is 0.0797 e. The van der Waals surface area contributed by atoms with Crippen molar-refractivity contribution in [1.82, 2.24) is 4.90 Å². The second kappa shape index (κ2) is 6.69. The minimum absolute atomic E-state index is 0.365. The lowest BCUT2D eigenvalue weighted by molar-refractivity contribution is 0.00291. The topological polar surface area (TPSA) is 58.7 Å². The fourth-order valence-electron chi connectivity index (χ4n) is 2.76. The van der Waals surface area contributed by atoms with Crippen LogP contribution in [0, 0.1) is 5.92 Å². The molecule has 0 spiro atoms. The van der Waals surface area contributed by atoms with E-state index in [1.807, 2.05) is 0 Å². The molecular weight excluding hydrogens is 216 g/mol. The van der Waals surface area contributed by atoms with Crippen molar-refractivity contribution >= 4 is 0 Å². The van der Waals surface area contributed by atoms with Gasteiger partial charge in [0.1, 0.15) is 0 Å². The summed E-state index contributed by atoms with van der Waals surface area (Å²) in [7, 11) is 3.84. The minimum atomic E-state index is -0.606. The highest BCUT2D eigenvalue weighted by atomic mass is 16.5. The molecule has 17 heavy (non-hydrogen) atoms. The summed E-state index contributed by atoms with van der Waals surface area (Å²) in [4.78, 5) is 2.29. The van der Waals surface area contributed by atoms with Crippen LogP contribution in [0.5, 0.6) is 0 Å². The fourth-order valence-corrected chi connectivity index (χ4v) is 2.76. The molecule has 3 atom stereocenters. The molecule has 1 saturated carbocycles. The molecule has 0 aromatic heterocycles. The van der Waals surface area contributed by atoms with E-state index >= 15 is 0 Å². The quantitative estimate of drug-likeness (QED) is 0.696. The third-order valence-corrected chi connectivity index (χ3v) is 4.27. The second-order valence-corrected chi connectivity index (χ2v) is 5.47. The van der Waals surface area contributed by atoms with E-state index in [-0.39, 0.29) is 0 Å². The lowest BCUT2D eigenvalue weighted by atomic mass is 9.88. The number of nitrogens with two attached hydrogens (primary N) is 1. The summed E-state index contributed by atoms with van der Waals surface area (Å²) in [6, 6.07) is 0.423. The molecule has 3 N–H and O–H groups in total. The Labute approximate surface area is 105 Å². The second-order valence-electron chi connectivity index (χ2n) is 5.47. The van der Waals surface area contributed by atoms with Crippen LogP contribution in [0.3, 0.4) is 0 Å². The molecule has 1 rings (SSSR count). The van der Waals surface area contributed by atoms with Gasteiger partial charge < -0.3 is 20.5 Å². The van der Waals surface area contributed by atoms with Crippen LogP contribution >= 0.6 is 0 Å². The molecule has 0 amide bonds. The van der Waals surface area contributed by atoms with Gasteiger partial charge in [-0.05, 0) is 45.7 Å². The molecule has 0 aliphatic heterocycles. The monoisotopic (exact) mass is 244 g/mol. The molecular formula is C13H28N2O2. The normalized spacial score (nSPS) is 31.1. The van der Waals surface area contributed by atoms with Gasteiger partial charge in [0.25, 0.3) is 0 Å². The predicted molar refractivity (Wildman–Crippen MR) is 69.9 cm³/mol. The summed E-state index contributed by atoms with van der Waals surface area (Å²) in [5, 5.41) is 10.3. The van der Waals surface area contributed by atoms with E-state index in [1.165, 1.54) is 0 Å². The van der Waals surface area contributed by atoms with Crippen molar-refractivity contribution in [1.29, 1.82) is 0 Å². The van der Waals surface area contributed by atoms with Gasteiger partial charge in [0, 0.05) is 19.7 Å². The van der Waals surface area contributed by atoms with Crippen LogP contribution in [0.1, 0.15) is 32.6 Å². The van der Waals surface area contributed by atoms with Crippen LogP contribution < -0.4 is 5.73 Å². The lowest BCUT2D eigenvalue weighted by Crippen LogP contribution is -2.43. The number of methoxy groups -OCH3 is 1. The van der Waals surface area contributed by atoms with Crippen LogP contribution in [0.4, 0.5) is 0 Å². The molecule has 0 radical (unpaired) electrons. The summed E-state index contributed by atoms with van der Waals surface area (Å²) in [5.74, 6) is 0.365. The Morgan fingerprint density at radius 2 is 2.29 bits per heavy atom. The molecule has 0 saturated heterocycles. The molecule has 0 heterocycles. The van der Waals surface area contributed by atoms with Gasteiger partial charge in [-0.25, -0.2) is 0 Å². The van der Waals surface area contributed by atoms with Crippen molar-refractivity contribution in [2.24, 2.45) is 11.7 Å². The van der Waals surface area contributed by atoms with E-state index in [9.17, 15) is 5.11 Å². The van der Waals surface area contributed by atoms with Gasteiger partial charge in [-0.2, -0.15) is 0 Å². The van der Waals surface area contributed by atoms with E-state index in [0.717, 1.165) is 38.8 Å². The first-order valence-corrected chi connectivity index (χ1v) is 6.65. The highest BCUT2D eigenvalue weighted by Crippen LogP contribution is 2.37. The number of likely N-dealkylation sites (N-methyl/N-ethyl adjacent to an activating group) is 1. The lowest BCUT2D eigenvalue weighted by Gasteiger charge is -2.31. The van der Waals surface area contributed by atoms with Crippen LogP contribution in [0.15, 0.2) is 0 Å². The summed E-state index contributed by atoms with van der Waals surface area (Å²) in [5.41, 5.74) is 5.08. The molecule has 0 aromatic carbocycles. The van der Waals surface area contributed by atoms with Gasteiger partial charge in [-0.1, -0.05) is 6.42 Å². The van der Waals surface area contributed by atoms with Gasteiger partial charge in [0.15, 0.2) is 0 Å². The molecule has 3 unspecified atom stereocenters. The average molecular weight is 244 g/mol. The Hall–Kier alpha value is -0.160. The third kappa shape index (κ3) is 3.91. The maximum atomic E-state index is 10.3. The summed E-state index contributed by atoms with van der Waals surface area (Å²) >= 11 is 0. The maximum absolute atomic E-state index is 10.3. The van der Waals surface area contributed by atoms with E-state index < -0.39 is 5.60 Å². The predicted octanol–water partition coefficient (Wildman–Crippen LogP) is 0.833. The maximum Gasteiger partial charge on any atom is 0.0797 e. The molecule has 0 bridgehead atoms. The minimum Gasteiger partial charge on any atom is -0.388 e. The van der Waals surface area contributed by atoms with Crippen LogP contribution in [-0.2, 0) is 4.74 Å². The molecule has 4 nitrogen and oxygen atoms in total. The third-order valence-electron chi connectivity index (χ3n) is 4.27. The van der Waals surface area contributed by atoms with Crippen LogP contribution in [-0.4, -0.2) is 55.5 Å². The van der Waals surface area contributed by atoms with Crippen molar-refractivity contribution in [2.75, 3.05) is 33.9 Å². The van der Waals surface area contributed by atoms with Gasteiger partial charge in [-0.3, -0.25) is 0 Å². The Balaban J connectivity index is 2.35. The Morgan fingerprint density at radius 3 is 2.88 bits per heavy atom.